The van der Waals surface area contributed by atoms with E-state index < -0.39 is 0 Å². The molecule has 3 heteroatoms. The Kier molecular flexibility index (Phi) is 3.74. The molecule has 2 nitrogen and oxygen atoms in total. The second kappa shape index (κ2) is 4.85. The summed E-state index contributed by atoms with van der Waals surface area (Å²) in [6.07, 6.45) is 3.54. The first-order valence-corrected chi connectivity index (χ1v) is 3.79. The van der Waals surface area contributed by atoms with Crippen molar-refractivity contribution >= 4 is 0 Å². The predicted molar refractivity (Wildman–Crippen MR) is 47.5 cm³/mol. The van der Waals surface area contributed by atoms with E-state index in [-0.39, 0.29) is 20.1 Å². The monoisotopic (exact) mass is 349 g/mol. The minimum absolute atomic E-state index is 0. The molecule has 0 N–H and O–H groups in total. The molecule has 0 saturated heterocycles. The molecule has 0 spiro atoms. The summed E-state index contributed by atoms with van der Waals surface area (Å²) in [7, 11) is 0. The Morgan fingerprint density at radius 3 is 1.46 bits per heavy atom. The quantitative estimate of drug-likeness (QED) is 0.789. The van der Waals surface area contributed by atoms with Gasteiger partial charge in [-0.1, -0.05) is 12.1 Å². The third-order valence-electron chi connectivity index (χ3n) is 1.59. The summed E-state index contributed by atoms with van der Waals surface area (Å²) < 4.78 is 0. The fraction of sp³-hybridized carbons (Fsp3) is 0. The van der Waals surface area contributed by atoms with Gasteiger partial charge in [0.05, 0.1) is 11.4 Å². The van der Waals surface area contributed by atoms with E-state index in [1.807, 2.05) is 36.4 Å². The molecule has 0 aliphatic rings. The molecule has 0 aliphatic heterocycles. The van der Waals surface area contributed by atoms with Crippen molar-refractivity contribution < 1.29 is 20.1 Å². The van der Waals surface area contributed by atoms with Gasteiger partial charge in [-0.25, -0.2) is 0 Å². The van der Waals surface area contributed by atoms with Gasteiger partial charge in [0.2, 0.25) is 0 Å². The van der Waals surface area contributed by atoms with Crippen molar-refractivity contribution in [2.45, 2.75) is 0 Å². The van der Waals surface area contributed by atoms with Crippen LogP contribution in [0.4, 0.5) is 0 Å². The van der Waals surface area contributed by atoms with E-state index in [2.05, 4.69) is 9.97 Å². The fourth-order valence-electron chi connectivity index (χ4n) is 1.03. The molecule has 0 fully saturated rings. The fourth-order valence-corrected chi connectivity index (χ4v) is 1.03. The zero-order valence-corrected chi connectivity index (χ0v) is 9.24. The van der Waals surface area contributed by atoms with Crippen molar-refractivity contribution in [2.75, 3.05) is 0 Å². The number of hydrogen-bond acceptors (Lipinski definition) is 2. The van der Waals surface area contributed by atoms with Gasteiger partial charge in [0.15, 0.2) is 0 Å². The Balaban J connectivity index is 0.000000845. The van der Waals surface area contributed by atoms with E-state index >= 15 is 0 Å². The molecular weight excluding hydrogens is 340 g/mol. The maximum Gasteiger partial charge on any atom is 0.0886 e. The average molecular weight is 348 g/mol. The third-order valence-corrected chi connectivity index (χ3v) is 1.59. The van der Waals surface area contributed by atoms with Gasteiger partial charge in [-0.15, -0.1) is 0 Å². The van der Waals surface area contributed by atoms with Gasteiger partial charge in [-0.3, -0.25) is 9.97 Å². The molecule has 0 amide bonds. The summed E-state index contributed by atoms with van der Waals surface area (Å²) in [6.45, 7) is 0. The molecule has 2 aromatic heterocycles. The first-order valence-electron chi connectivity index (χ1n) is 3.79. The zero-order valence-electron chi connectivity index (χ0n) is 6.85. The second-order valence-corrected chi connectivity index (χ2v) is 2.43. The summed E-state index contributed by atoms with van der Waals surface area (Å²) in [5.41, 5.74) is 1.83. The van der Waals surface area contributed by atoms with Crippen LogP contribution in [-0.2, 0) is 20.1 Å². The van der Waals surface area contributed by atoms with Crippen LogP contribution in [0.1, 0.15) is 0 Å². The number of pyridine rings is 2. The molecule has 2 aromatic rings. The molecule has 0 saturated carbocycles. The number of hydrogen-bond donors (Lipinski definition) is 0. The van der Waals surface area contributed by atoms with Crippen LogP contribution in [0, 0.1) is 0 Å². The van der Waals surface area contributed by atoms with E-state index in [1.54, 1.807) is 12.4 Å². The van der Waals surface area contributed by atoms with Crippen LogP contribution in [0.15, 0.2) is 48.8 Å². The van der Waals surface area contributed by atoms with Crippen molar-refractivity contribution in [3.63, 3.8) is 0 Å². The Morgan fingerprint density at radius 2 is 1.15 bits per heavy atom. The Labute approximate surface area is 90.4 Å². The molecular formula is C10H8IrN2. The summed E-state index contributed by atoms with van der Waals surface area (Å²) in [6, 6.07) is 11.6. The van der Waals surface area contributed by atoms with Crippen LogP contribution in [-0.4, -0.2) is 9.97 Å². The standard InChI is InChI=1S/C10H8N2.Ir/c1-3-7-11-9(5-1)10-6-2-4-8-12-10;/h1-8H;. The van der Waals surface area contributed by atoms with Crippen molar-refractivity contribution in [1.82, 2.24) is 9.97 Å². The molecule has 13 heavy (non-hydrogen) atoms. The van der Waals surface area contributed by atoms with Crippen LogP contribution in [0.5, 0.6) is 0 Å². The van der Waals surface area contributed by atoms with E-state index in [0.717, 1.165) is 11.4 Å². The molecule has 67 valence electrons. The number of aromatic nitrogens is 2. The van der Waals surface area contributed by atoms with Crippen LogP contribution in [0.3, 0.4) is 0 Å². The minimum Gasteiger partial charge on any atom is -0.255 e. The van der Waals surface area contributed by atoms with Gasteiger partial charge in [0.1, 0.15) is 0 Å². The zero-order chi connectivity index (χ0) is 8.23. The first-order chi connectivity index (χ1) is 5.97. The summed E-state index contributed by atoms with van der Waals surface area (Å²) in [5, 5.41) is 0. The van der Waals surface area contributed by atoms with Crippen LogP contribution in [0.25, 0.3) is 11.4 Å². The number of rotatable bonds is 1. The first kappa shape index (κ1) is 10.0. The van der Waals surface area contributed by atoms with Crippen molar-refractivity contribution in [3.8, 4) is 11.4 Å². The average Bonchev–Trinajstić information content (AvgIpc) is 2.21. The summed E-state index contributed by atoms with van der Waals surface area (Å²) in [4.78, 5) is 8.37. The normalized spacial score (nSPS) is 8.92. The second-order valence-electron chi connectivity index (χ2n) is 2.43. The van der Waals surface area contributed by atoms with Gasteiger partial charge in [0.25, 0.3) is 0 Å². The van der Waals surface area contributed by atoms with Crippen molar-refractivity contribution in [2.24, 2.45) is 0 Å². The van der Waals surface area contributed by atoms with Gasteiger partial charge in [-0.2, -0.15) is 0 Å². The van der Waals surface area contributed by atoms with Gasteiger partial charge in [-0.05, 0) is 24.3 Å². The number of nitrogens with zero attached hydrogens (tertiary/aromatic N) is 2. The van der Waals surface area contributed by atoms with E-state index in [9.17, 15) is 0 Å². The maximum atomic E-state index is 4.19. The van der Waals surface area contributed by atoms with E-state index in [0.29, 0.717) is 0 Å². The Hall–Kier alpha value is -1.05. The topological polar surface area (TPSA) is 25.8 Å². The van der Waals surface area contributed by atoms with Gasteiger partial charge < -0.3 is 0 Å². The molecule has 1 radical (unpaired) electrons. The van der Waals surface area contributed by atoms with E-state index in [1.165, 1.54) is 0 Å². The van der Waals surface area contributed by atoms with Crippen molar-refractivity contribution in [1.29, 1.82) is 0 Å². The summed E-state index contributed by atoms with van der Waals surface area (Å²) >= 11 is 0. The molecule has 2 rings (SSSR count). The largest absolute Gasteiger partial charge is 0.255 e. The van der Waals surface area contributed by atoms with E-state index in [4.69, 9.17) is 0 Å². The van der Waals surface area contributed by atoms with Crippen LogP contribution in [0.2, 0.25) is 0 Å². The predicted octanol–water partition coefficient (Wildman–Crippen LogP) is 2.14. The molecule has 2 heterocycles. The Morgan fingerprint density at radius 1 is 0.692 bits per heavy atom. The molecule has 0 bridgehead atoms. The SMILES string of the molecule is [Ir].c1ccc(-c2ccccn2)nc1. The molecule has 0 aliphatic carbocycles. The van der Waals surface area contributed by atoms with Crippen LogP contribution >= 0.6 is 0 Å². The van der Waals surface area contributed by atoms with Crippen LogP contribution < -0.4 is 0 Å². The molecule has 0 aromatic carbocycles. The maximum absolute atomic E-state index is 4.19. The van der Waals surface area contributed by atoms with Gasteiger partial charge >= 0.3 is 0 Å². The molecule has 0 unspecified atom stereocenters. The minimum atomic E-state index is 0. The van der Waals surface area contributed by atoms with Gasteiger partial charge in [0, 0.05) is 32.5 Å². The van der Waals surface area contributed by atoms with Crippen molar-refractivity contribution in [3.05, 3.63) is 48.8 Å². The summed E-state index contributed by atoms with van der Waals surface area (Å²) in [5.74, 6) is 0. The Bertz CT molecular complexity index is 310. The smallest absolute Gasteiger partial charge is 0.0886 e. The molecule has 0 atom stereocenters. The third kappa shape index (κ3) is 2.44.